The summed E-state index contributed by atoms with van der Waals surface area (Å²) in [6.45, 7) is 1.97. The van der Waals surface area contributed by atoms with Crippen LogP contribution in [0.3, 0.4) is 0 Å². The number of nitrogens with one attached hydrogen (secondary N) is 2. The van der Waals surface area contributed by atoms with Crippen LogP contribution >= 0.6 is 0 Å². The van der Waals surface area contributed by atoms with Crippen LogP contribution in [0, 0.1) is 0 Å². The molecule has 0 aliphatic carbocycles. The van der Waals surface area contributed by atoms with E-state index >= 15 is 0 Å². The SMILES string of the molecule is CN(Cc1ccccc1)C(=O)NCCC(=O)NCc1ccc(N2CCCC2=O)cc1. The molecule has 1 aliphatic rings. The molecule has 0 radical (unpaired) electrons. The highest BCUT2D eigenvalue weighted by atomic mass is 16.2. The summed E-state index contributed by atoms with van der Waals surface area (Å²) in [4.78, 5) is 39.3. The lowest BCUT2D eigenvalue weighted by Gasteiger charge is -2.18. The number of benzene rings is 2. The lowest BCUT2D eigenvalue weighted by atomic mass is 10.2. The maximum absolute atomic E-state index is 12.1. The van der Waals surface area contributed by atoms with Crippen LogP contribution in [-0.4, -0.2) is 42.9 Å². The summed E-state index contributed by atoms with van der Waals surface area (Å²) in [6.07, 6.45) is 1.72. The van der Waals surface area contributed by atoms with Gasteiger partial charge in [-0.25, -0.2) is 4.79 Å². The molecular formula is C23H28N4O3. The average molecular weight is 409 g/mol. The summed E-state index contributed by atoms with van der Waals surface area (Å²) in [5, 5.41) is 5.62. The first-order valence-corrected chi connectivity index (χ1v) is 10.2. The van der Waals surface area contributed by atoms with Crippen molar-refractivity contribution >= 4 is 23.5 Å². The first-order chi connectivity index (χ1) is 14.5. The lowest BCUT2D eigenvalue weighted by molar-refractivity contribution is -0.121. The van der Waals surface area contributed by atoms with Crippen LogP contribution in [0.5, 0.6) is 0 Å². The summed E-state index contributed by atoms with van der Waals surface area (Å²) in [5.41, 5.74) is 2.91. The molecule has 2 aromatic carbocycles. The molecule has 0 atom stereocenters. The summed E-state index contributed by atoms with van der Waals surface area (Å²) < 4.78 is 0. The number of rotatable bonds is 8. The molecule has 3 rings (SSSR count). The highest BCUT2D eigenvalue weighted by molar-refractivity contribution is 5.95. The van der Waals surface area contributed by atoms with Crippen molar-refractivity contribution in [2.45, 2.75) is 32.4 Å². The second-order valence-corrected chi connectivity index (χ2v) is 7.42. The summed E-state index contributed by atoms with van der Waals surface area (Å²) in [6, 6.07) is 17.2. The van der Waals surface area contributed by atoms with Crippen molar-refractivity contribution in [2.75, 3.05) is 25.0 Å². The molecule has 0 bridgehead atoms. The van der Waals surface area contributed by atoms with Crippen molar-refractivity contribution in [3.63, 3.8) is 0 Å². The fourth-order valence-corrected chi connectivity index (χ4v) is 3.35. The average Bonchev–Trinajstić information content (AvgIpc) is 3.19. The van der Waals surface area contributed by atoms with E-state index in [0.29, 0.717) is 19.5 Å². The largest absolute Gasteiger partial charge is 0.352 e. The molecule has 1 heterocycles. The van der Waals surface area contributed by atoms with Crippen molar-refractivity contribution in [3.05, 3.63) is 65.7 Å². The molecule has 0 spiro atoms. The van der Waals surface area contributed by atoms with Gasteiger partial charge >= 0.3 is 6.03 Å². The molecule has 1 aliphatic heterocycles. The zero-order valence-corrected chi connectivity index (χ0v) is 17.3. The van der Waals surface area contributed by atoms with Gasteiger partial charge in [0, 0.05) is 51.8 Å². The Kier molecular flexibility index (Phi) is 7.43. The second-order valence-electron chi connectivity index (χ2n) is 7.42. The fraction of sp³-hybridized carbons (Fsp3) is 0.348. The number of carbonyl (C=O) groups excluding carboxylic acids is 3. The first kappa shape index (κ1) is 21.4. The Labute approximate surface area is 177 Å². The highest BCUT2D eigenvalue weighted by Crippen LogP contribution is 2.21. The Hall–Kier alpha value is -3.35. The number of urea groups is 1. The second kappa shape index (κ2) is 10.4. The number of nitrogens with zero attached hydrogens (tertiary/aromatic N) is 2. The Bertz CT molecular complexity index is 868. The van der Waals surface area contributed by atoms with E-state index in [2.05, 4.69) is 10.6 Å². The van der Waals surface area contributed by atoms with Gasteiger partial charge in [0.1, 0.15) is 0 Å². The molecule has 7 heteroatoms. The predicted octanol–water partition coefficient (Wildman–Crippen LogP) is 2.66. The molecule has 4 amide bonds. The van der Waals surface area contributed by atoms with Gasteiger partial charge in [-0.2, -0.15) is 0 Å². The lowest BCUT2D eigenvalue weighted by Crippen LogP contribution is -2.38. The molecule has 2 aromatic rings. The Balaban J connectivity index is 1.34. The fourth-order valence-electron chi connectivity index (χ4n) is 3.35. The van der Waals surface area contributed by atoms with Gasteiger partial charge in [0.2, 0.25) is 11.8 Å². The maximum Gasteiger partial charge on any atom is 0.317 e. The molecule has 158 valence electrons. The molecule has 0 unspecified atom stereocenters. The maximum atomic E-state index is 12.1. The molecule has 1 saturated heterocycles. The van der Waals surface area contributed by atoms with Crippen LogP contribution in [0.4, 0.5) is 10.5 Å². The monoisotopic (exact) mass is 408 g/mol. The Morgan fingerprint density at radius 2 is 1.73 bits per heavy atom. The van der Waals surface area contributed by atoms with Crippen LogP contribution in [0.1, 0.15) is 30.4 Å². The van der Waals surface area contributed by atoms with Gasteiger partial charge in [-0.3, -0.25) is 9.59 Å². The number of amides is 4. The van der Waals surface area contributed by atoms with Gasteiger partial charge in [0.15, 0.2) is 0 Å². The van der Waals surface area contributed by atoms with Crippen molar-refractivity contribution < 1.29 is 14.4 Å². The van der Waals surface area contributed by atoms with E-state index in [0.717, 1.165) is 29.8 Å². The smallest absolute Gasteiger partial charge is 0.317 e. The molecule has 1 fully saturated rings. The Morgan fingerprint density at radius 3 is 2.40 bits per heavy atom. The minimum absolute atomic E-state index is 0.125. The van der Waals surface area contributed by atoms with E-state index < -0.39 is 0 Å². The standard InChI is InChI=1S/C23H28N4O3/c1-26(17-19-6-3-2-4-7-19)23(30)24-14-13-21(28)25-16-18-9-11-20(12-10-18)27-15-5-8-22(27)29/h2-4,6-7,9-12H,5,8,13-17H2,1H3,(H,24,30)(H,25,28). The minimum Gasteiger partial charge on any atom is -0.352 e. The van der Waals surface area contributed by atoms with Gasteiger partial charge in [-0.15, -0.1) is 0 Å². The summed E-state index contributed by atoms with van der Waals surface area (Å²) in [7, 11) is 1.72. The number of anilines is 1. The van der Waals surface area contributed by atoms with E-state index in [1.807, 2.05) is 54.6 Å². The summed E-state index contributed by atoms with van der Waals surface area (Å²) in [5.74, 6) is 0.0346. The van der Waals surface area contributed by atoms with Crippen molar-refractivity contribution in [1.82, 2.24) is 15.5 Å². The van der Waals surface area contributed by atoms with Gasteiger partial charge in [-0.05, 0) is 29.7 Å². The third kappa shape index (κ3) is 6.07. The van der Waals surface area contributed by atoms with E-state index in [1.165, 1.54) is 0 Å². The molecule has 0 saturated carbocycles. The predicted molar refractivity (Wildman–Crippen MR) is 116 cm³/mol. The molecular weight excluding hydrogens is 380 g/mol. The zero-order valence-electron chi connectivity index (χ0n) is 17.3. The van der Waals surface area contributed by atoms with Gasteiger partial charge in [0.25, 0.3) is 0 Å². The van der Waals surface area contributed by atoms with Crippen LogP contribution in [0.15, 0.2) is 54.6 Å². The molecule has 0 aromatic heterocycles. The zero-order chi connectivity index (χ0) is 21.3. The topological polar surface area (TPSA) is 81.8 Å². The van der Waals surface area contributed by atoms with E-state index in [9.17, 15) is 14.4 Å². The van der Waals surface area contributed by atoms with E-state index in [1.54, 1.807) is 16.8 Å². The number of carbonyl (C=O) groups is 3. The number of hydrogen-bond donors (Lipinski definition) is 2. The van der Waals surface area contributed by atoms with E-state index in [-0.39, 0.29) is 30.8 Å². The van der Waals surface area contributed by atoms with Crippen molar-refractivity contribution in [3.8, 4) is 0 Å². The number of hydrogen-bond acceptors (Lipinski definition) is 3. The summed E-state index contributed by atoms with van der Waals surface area (Å²) >= 11 is 0. The van der Waals surface area contributed by atoms with E-state index in [4.69, 9.17) is 0 Å². The van der Waals surface area contributed by atoms with Gasteiger partial charge in [-0.1, -0.05) is 42.5 Å². The van der Waals surface area contributed by atoms with Gasteiger partial charge < -0.3 is 20.4 Å². The molecule has 2 N–H and O–H groups in total. The normalized spacial score (nSPS) is 13.2. The van der Waals surface area contributed by atoms with Crippen LogP contribution in [-0.2, 0) is 22.7 Å². The molecule has 7 nitrogen and oxygen atoms in total. The molecule has 30 heavy (non-hydrogen) atoms. The Morgan fingerprint density at radius 1 is 1.00 bits per heavy atom. The minimum atomic E-state index is -0.210. The third-order valence-corrected chi connectivity index (χ3v) is 5.05. The van der Waals surface area contributed by atoms with Crippen molar-refractivity contribution in [2.24, 2.45) is 0 Å². The first-order valence-electron chi connectivity index (χ1n) is 10.2. The highest BCUT2D eigenvalue weighted by Gasteiger charge is 2.21. The van der Waals surface area contributed by atoms with Crippen LogP contribution < -0.4 is 15.5 Å². The van der Waals surface area contributed by atoms with Crippen molar-refractivity contribution in [1.29, 1.82) is 0 Å². The van der Waals surface area contributed by atoms with Gasteiger partial charge in [0.05, 0.1) is 0 Å². The third-order valence-electron chi connectivity index (χ3n) is 5.05. The van der Waals surface area contributed by atoms with Crippen LogP contribution in [0.25, 0.3) is 0 Å². The van der Waals surface area contributed by atoms with Crippen LogP contribution in [0.2, 0.25) is 0 Å². The quantitative estimate of drug-likeness (QED) is 0.705.